The van der Waals surface area contributed by atoms with Gasteiger partial charge in [0.15, 0.2) is 17.2 Å². The fraction of sp³-hybridized carbons (Fsp3) is 0.235. The third kappa shape index (κ3) is 2.38. The first-order chi connectivity index (χ1) is 11.6. The fourth-order valence-corrected chi connectivity index (χ4v) is 3.18. The van der Waals surface area contributed by atoms with E-state index in [1.807, 2.05) is 35.2 Å². The Kier molecular flexibility index (Phi) is 3.41. The van der Waals surface area contributed by atoms with E-state index in [0.717, 1.165) is 5.56 Å². The number of carbonyl (C=O) groups is 1. The van der Waals surface area contributed by atoms with Crippen LogP contribution < -0.4 is 4.90 Å². The van der Waals surface area contributed by atoms with Crippen LogP contribution in [0.1, 0.15) is 22.0 Å². The van der Waals surface area contributed by atoms with Crippen molar-refractivity contribution >= 4 is 17.4 Å². The van der Waals surface area contributed by atoms with Gasteiger partial charge in [-0.1, -0.05) is 30.3 Å². The van der Waals surface area contributed by atoms with Crippen molar-refractivity contribution in [3.63, 3.8) is 0 Å². The van der Waals surface area contributed by atoms with Gasteiger partial charge in [-0.25, -0.2) is 19.2 Å². The van der Waals surface area contributed by atoms with Crippen LogP contribution in [-0.4, -0.2) is 44.7 Å². The number of halogens is 1. The minimum atomic E-state index is -1.10. The molecule has 1 N–H and O–H groups in total. The van der Waals surface area contributed by atoms with Crippen LogP contribution in [0.15, 0.2) is 48.9 Å². The number of alkyl halides is 1. The summed E-state index contributed by atoms with van der Waals surface area (Å²) in [4.78, 5) is 21.4. The summed E-state index contributed by atoms with van der Waals surface area (Å²) in [5.41, 5.74) is 1.32. The molecule has 4 rings (SSSR count). The largest absolute Gasteiger partial charge is 0.476 e. The second-order valence-electron chi connectivity index (χ2n) is 5.85. The van der Waals surface area contributed by atoms with Gasteiger partial charge in [0.1, 0.15) is 6.17 Å². The van der Waals surface area contributed by atoms with Crippen LogP contribution >= 0.6 is 0 Å². The quantitative estimate of drug-likeness (QED) is 0.800. The highest BCUT2D eigenvalue weighted by Crippen LogP contribution is 2.33. The number of carboxylic acid groups (broad SMARTS) is 1. The van der Waals surface area contributed by atoms with Gasteiger partial charge in [-0.2, -0.15) is 0 Å². The Morgan fingerprint density at radius 3 is 2.79 bits per heavy atom. The van der Waals surface area contributed by atoms with E-state index in [9.17, 15) is 9.18 Å². The molecule has 1 fully saturated rings. The highest BCUT2D eigenvalue weighted by atomic mass is 19.1. The summed E-state index contributed by atoms with van der Waals surface area (Å²) in [7, 11) is 0. The van der Waals surface area contributed by atoms with Crippen LogP contribution in [0.4, 0.5) is 10.2 Å². The number of imidazole rings is 1. The smallest absolute Gasteiger partial charge is 0.356 e. The molecule has 7 heteroatoms. The van der Waals surface area contributed by atoms with E-state index in [1.54, 1.807) is 16.8 Å². The summed E-state index contributed by atoms with van der Waals surface area (Å²) >= 11 is 0. The first-order valence-corrected chi connectivity index (χ1v) is 7.64. The van der Waals surface area contributed by atoms with E-state index in [-0.39, 0.29) is 18.2 Å². The summed E-state index contributed by atoms with van der Waals surface area (Å²) in [6.07, 6.45) is 3.62. The van der Waals surface area contributed by atoms with Crippen LogP contribution in [0.3, 0.4) is 0 Å². The van der Waals surface area contributed by atoms with Gasteiger partial charge in [0.05, 0.1) is 6.54 Å². The molecular formula is C17H15FN4O2. The predicted molar refractivity (Wildman–Crippen MR) is 86.2 cm³/mol. The summed E-state index contributed by atoms with van der Waals surface area (Å²) < 4.78 is 16.2. The van der Waals surface area contributed by atoms with Crippen LogP contribution in [0.2, 0.25) is 0 Å². The van der Waals surface area contributed by atoms with Crippen molar-refractivity contribution in [1.82, 2.24) is 14.4 Å². The molecule has 0 saturated carbocycles. The Hall–Kier alpha value is -2.96. The standard InChI is InChI=1S/C17H15FN4O2/c18-13-9-22(8-12(13)11-4-2-1-3-5-11)15-16-20-14(17(23)24)10-21(16)7-6-19-15/h1-7,10,12-13H,8-9H2,(H,23,24)/t12-,13-/m1/s1. The van der Waals surface area contributed by atoms with E-state index in [4.69, 9.17) is 5.11 Å². The predicted octanol–water partition coefficient (Wildman–Crippen LogP) is 2.37. The van der Waals surface area contributed by atoms with Gasteiger partial charge in [0.2, 0.25) is 0 Å². The normalized spacial score (nSPS) is 20.6. The van der Waals surface area contributed by atoms with Gasteiger partial charge in [0.25, 0.3) is 0 Å². The molecule has 2 aromatic heterocycles. The van der Waals surface area contributed by atoms with Crippen molar-refractivity contribution in [3.8, 4) is 0 Å². The molecule has 3 heterocycles. The monoisotopic (exact) mass is 326 g/mol. The zero-order valence-corrected chi connectivity index (χ0v) is 12.7. The average Bonchev–Trinajstić information content (AvgIpc) is 3.19. The number of benzene rings is 1. The van der Waals surface area contributed by atoms with Gasteiger partial charge < -0.3 is 14.4 Å². The second-order valence-corrected chi connectivity index (χ2v) is 5.85. The van der Waals surface area contributed by atoms with Gasteiger partial charge in [-0.15, -0.1) is 0 Å². The second kappa shape index (κ2) is 5.59. The molecule has 6 nitrogen and oxygen atoms in total. The number of aromatic nitrogens is 3. The highest BCUT2D eigenvalue weighted by molar-refractivity contribution is 5.87. The number of rotatable bonds is 3. The first kappa shape index (κ1) is 14.6. The molecule has 0 unspecified atom stereocenters. The minimum Gasteiger partial charge on any atom is -0.476 e. The molecule has 0 aliphatic carbocycles. The Morgan fingerprint density at radius 2 is 2.04 bits per heavy atom. The molecule has 1 aliphatic rings. The average molecular weight is 326 g/mol. The van der Waals surface area contributed by atoms with Crippen molar-refractivity contribution < 1.29 is 14.3 Å². The molecule has 1 saturated heterocycles. The Bertz CT molecular complexity index is 896. The Labute approximate surface area is 137 Å². The first-order valence-electron chi connectivity index (χ1n) is 7.64. The maximum Gasteiger partial charge on any atom is 0.356 e. The van der Waals surface area contributed by atoms with Crippen molar-refractivity contribution in [1.29, 1.82) is 0 Å². The molecule has 2 atom stereocenters. The van der Waals surface area contributed by atoms with Crippen LogP contribution in [0.5, 0.6) is 0 Å². The lowest BCUT2D eigenvalue weighted by atomic mass is 9.97. The summed E-state index contributed by atoms with van der Waals surface area (Å²) in [5.74, 6) is -0.829. The molecule has 122 valence electrons. The summed E-state index contributed by atoms with van der Waals surface area (Å²) in [6, 6.07) is 9.55. The fourth-order valence-electron chi connectivity index (χ4n) is 3.18. The summed E-state index contributed by atoms with van der Waals surface area (Å²) in [6.45, 7) is 0.689. The number of fused-ring (bicyclic) bond motifs is 1. The lowest BCUT2D eigenvalue weighted by Crippen LogP contribution is -2.22. The van der Waals surface area contributed by atoms with Gasteiger partial charge in [-0.3, -0.25) is 0 Å². The van der Waals surface area contributed by atoms with Crippen LogP contribution in [0, 0.1) is 0 Å². The zero-order valence-electron chi connectivity index (χ0n) is 12.7. The third-order valence-electron chi connectivity index (χ3n) is 4.35. The Morgan fingerprint density at radius 1 is 1.25 bits per heavy atom. The zero-order chi connectivity index (χ0) is 16.7. The number of anilines is 1. The van der Waals surface area contributed by atoms with Crippen molar-refractivity contribution in [2.45, 2.75) is 12.1 Å². The SMILES string of the molecule is O=C(O)c1cn2ccnc(N3C[C@@H](F)[C@@H](c4ccccc4)C3)c2n1. The molecular weight excluding hydrogens is 311 g/mol. The maximum atomic E-state index is 14.6. The molecule has 0 amide bonds. The number of hydrogen-bond acceptors (Lipinski definition) is 4. The van der Waals surface area contributed by atoms with Gasteiger partial charge in [-0.05, 0) is 5.56 Å². The highest BCUT2D eigenvalue weighted by Gasteiger charge is 2.35. The number of aromatic carboxylic acids is 1. The van der Waals surface area contributed by atoms with Crippen LogP contribution in [0.25, 0.3) is 5.65 Å². The molecule has 24 heavy (non-hydrogen) atoms. The third-order valence-corrected chi connectivity index (χ3v) is 4.35. The molecule has 1 aromatic carbocycles. The number of nitrogens with zero attached hydrogens (tertiary/aromatic N) is 4. The number of carboxylic acids is 1. The van der Waals surface area contributed by atoms with Crippen molar-refractivity contribution in [2.24, 2.45) is 0 Å². The van der Waals surface area contributed by atoms with E-state index < -0.39 is 12.1 Å². The minimum absolute atomic E-state index is 0.0557. The number of hydrogen-bond donors (Lipinski definition) is 1. The lowest BCUT2D eigenvalue weighted by molar-refractivity contribution is 0.0691. The van der Waals surface area contributed by atoms with Crippen molar-refractivity contribution in [3.05, 3.63) is 60.2 Å². The Balaban J connectivity index is 1.70. The van der Waals surface area contributed by atoms with E-state index in [2.05, 4.69) is 9.97 Å². The van der Waals surface area contributed by atoms with Gasteiger partial charge in [0, 0.05) is 31.1 Å². The molecule has 0 bridgehead atoms. The maximum absolute atomic E-state index is 14.6. The topological polar surface area (TPSA) is 70.7 Å². The van der Waals surface area contributed by atoms with Crippen LogP contribution in [-0.2, 0) is 0 Å². The molecule has 1 aliphatic heterocycles. The molecule has 3 aromatic rings. The molecule has 0 spiro atoms. The molecule has 0 radical (unpaired) electrons. The lowest BCUT2D eigenvalue weighted by Gasteiger charge is -2.17. The van der Waals surface area contributed by atoms with E-state index >= 15 is 0 Å². The van der Waals surface area contributed by atoms with Gasteiger partial charge >= 0.3 is 5.97 Å². The summed E-state index contributed by atoms with van der Waals surface area (Å²) in [5, 5.41) is 9.11. The van der Waals surface area contributed by atoms with Crippen molar-refractivity contribution in [2.75, 3.05) is 18.0 Å². The van der Waals surface area contributed by atoms with E-state index in [0.29, 0.717) is 18.0 Å². The van der Waals surface area contributed by atoms with E-state index in [1.165, 1.54) is 6.20 Å².